The molecule has 0 saturated heterocycles. The minimum Gasteiger partial charge on any atom is -0.364 e. The zero-order chi connectivity index (χ0) is 15.1. The highest BCUT2D eigenvalue weighted by Gasteiger charge is 2.31. The normalized spacial score (nSPS) is 17.0. The van der Waals surface area contributed by atoms with Crippen molar-refractivity contribution in [2.75, 3.05) is 11.9 Å². The van der Waals surface area contributed by atoms with Gasteiger partial charge >= 0.3 is 0 Å². The summed E-state index contributed by atoms with van der Waals surface area (Å²) >= 11 is 0. The average Bonchev–Trinajstić information content (AvgIpc) is 3.29. The lowest BCUT2D eigenvalue weighted by Gasteiger charge is -2.19. The summed E-state index contributed by atoms with van der Waals surface area (Å²) in [6.45, 7) is 2.91. The molecule has 1 saturated carbocycles. The van der Waals surface area contributed by atoms with Crippen LogP contribution in [0.4, 0.5) is 5.82 Å². The van der Waals surface area contributed by atoms with E-state index in [9.17, 15) is 4.79 Å². The van der Waals surface area contributed by atoms with Gasteiger partial charge in [-0.15, -0.1) is 0 Å². The third kappa shape index (κ3) is 2.30. The molecule has 0 bridgehead atoms. The van der Waals surface area contributed by atoms with E-state index in [-0.39, 0.29) is 5.91 Å². The quantitative estimate of drug-likeness (QED) is 0.865. The first-order valence-corrected chi connectivity index (χ1v) is 7.43. The van der Waals surface area contributed by atoms with Crippen LogP contribution in [0.3, 0.4) is 0 Å². The van der Waals surface area contributed by atoms with Gasteiger partial charge in [-0.25, -0.2) is 14.6 Å². The molecule has 2 N–H and O–H groups in total. The van der Waals surface area contributed by atoms with Crippen LogP contribution in [0.2, 0.25) is 0 Å². The fourth-order valence-corrected chi connectivity index (χ4v) is 2.56. The summed E-state index contributed by atoms with van der Waals surface area (Å²) in [5.74, 6) is 1.75. The minimum absolute atomic E-state index is 0.118. The lowest BCUT2D eigenvalue weighted by molar-refractivity contribution is 0.0940. The lowest BCUT2D eigenvalue weighted by Crippen LogP contribution is -2.34. The molecule has 2 aromatic rings. The Labute approximate surface area is 126 Å². The molecule has 0 atom stereocenters. The Bertz CT molecular complexity index is 737. The zero-order valence-electron chi connectivity index (χ0n) is 12.2. The molecule has 22 heavy (non-hydrogen) atoms. The number of anilines is 1. The topological polar surface area (TPSA) is 106 Å². The molecule has 0 aromatic carbocycles. The summed E-state index contributed by atoms with van der Waals surface area (Å²) in [5.41, 5.74) is 2.86. The molecule has 2 aromatic heterocycles. The van der Waals surface area contributed by atoms with Crippen molar-refractivity contribution in [3.05, 3.63) is 28.5 Å². The Kier molecular flexibility index (Phi) is 3.02. The number of hydrogen-bond donors (Lipinski definition) is 2. The van der Waals surface area contributed by atoms with Crippen molar-refractivity contribution in [3.8, 4) is 0 Å². The van der Waals surface area contributed by atoms with Gasteiger partial charge in [0.15, 0.2) is 0 Å². The highest BCUT2D eigenvalue weighted by molar-refractivity contribution is 5.96. The number of nitrogens with zero attached hydrogens (tertiary/aromatic N) is 4. The van der Waals surface area contributed by atoms with Gasteiger partial charge in [-0.1, -0.05) is 10.3 Å². The summed E-state index contributed by atoms with van der Waals surface area (Å²) in [4.78, 5) is 21.2. The Hall–Kier alpha value is -2.51. The Morgan fingerprint density at radius 1 is 1.32 bits per heavy atom. The first-order chi connectivity index (χ1) is 10.7. The third-order valence-corrected chi connectivity index (χ3v) is 4.01. The van der Waals surface area contributed by atoms with Crippen LogP contribution in [0, 0.1) is 6.92 Å². The van der Waals surface area contributed by atoms with Crippen LogP contribution in [0.5, 0.6) is 0 Å². The van der Waals surface area contributed by atoms with Crippen LogP contribution in [0.1, 0.15) is 52.0 Å². The number of nitrogens with one attached hydrogen (secondary N) is 2. The number of carbonyl (C=O) groups is 1. The SMILES string of the molecule is Cc1nonc1CNc1nc(C2CC2)nc2c1CCNC2=O. The standard InChI is InChI=1S/C14H16N6O2/c1-7-10(20-22-19-7)6-16-13-9-4-5-15-14(21)11(9)17-12(18-13)8-2-3-8/h8H,2-6H2,1H3,(H,15,21)(H,16,17,18). The summed E-state index contributed by atoms with van der Waals surface area (Å²) in [6.07, 6.45) is 2.91. The van der Waals surface area contributed by atoms with Crippen molar-refractivity contribution < 1.29 is 9.42 Å². The molecular weight excluding hydrogens is 284 g/mol. The maximum atomic E-state index is 12.1. The van der Waals surface area contributed by atoms with E-state index in [2.05, 4.69) is 30.9 Å². The largest absolute Gasteiger partial charge is 0.364 e. The third-order valence-electron chi connectivity index (χ3n) is 4.01. The van der Waals surface area contributed by atoms with Gasteiger partial charge in [-0.2, -0.15) is 0 Å². The predicted molar refractivity (Wildman–Crippen MR) is 76.4 cm³/mol. The second kappa shape index (κ2) is 5.04. The average molecular weight is 300 g/mol. The minimum atomic E-state index is -0.118. The molecule has 3 heterocycles. The molecule has 4 rings (SSSR count). The highest BCUT2D eigenvalue weighted by Crippen LogP contribution is 2.39. The van der Waals surface area contributed by atoms with Crippen LogP contribution in [-0.4, -0.2) is 32.7 Å². The fraction of sp³-hybridized carbons (Fsp3) is 0.500. The second-order valence-electron chi connectivity index (χ2n) is 5.69. The van der Waals surface area contributed by atoms with Gasteiger partial charge in [-0.05, 0) is 26.2 Å². The van der Waals surface area contributed by atoms with Crippen molar-refractivity contribution in [3.63, 3.8) is 0 Å². The molecule has 8 nitrogen and oxygen atoms in total. The molecule has 1 amide bonds. The molecule has 0 unspecified atom stereocenters. The first-order valence-electron chi connectivity index (χ1n) is 7.43. The number of hydrogen-bond acceptors (Lipinski definition) is 7. The van der Waals surface area contributed by atoms with Crippen LogP contribution >= 0.6 is 0 Å². The van der Waals surface area contributed by atoms with Crippen molar-refractivity contribution >= 4 is 11.7 Å². The molecule has 0 radical (unpaired) electrons. The van der Waals surface area contributed by atoms with Gasteiger partial charge in [-0.3, -0.25) is 4.79 Å². The van der Waals surface area contributed by atoms with E-state index in [4.69, 9.17) is 4.63 Å². The molecule has 1 aliphatic carbocycles. The summed E-state index contributed by atoms with van der Waals surface area (Å²) in [6, 6.07) is 0. The second-order valence-corrected chi connectivity index (χ2v) is 5.69. The van der Waals surface area contributed by atoms with Crippen molar-refractivity contribution in [2.24, 2.45) is 0 Å². The Morgan fingerprint density at radius 3 is 2.91 bits per heavy atom. The Morgan fingerprint density at radius 2 is 2.18 bits per heavy atom. The first kappa shape index (κ1) is 13.2. The van der Waals surface area contributed by atoms with Crippen LogP contribution in [0.25, 0.3) is 0 Å². The molecule has 2 aliphatic rings. The maximum absolute atomic E-state index is 12.1. The van der Waals surface area contributed by atoms with Gasteiger partial charge in [0.25, 0.3) is 5.91 Å². The molecule has 8 heteroatoms. The predicted octanol–water partition coefficient (Wildman–Crippen LogP) is 0.943. The van der Waals surface area contributed by atoms with E-state index in [1.165, 1.54) is 0 Å². The highest BCUT2D eigenvalue weighted by atomic mass is 16.6. The molecule has 1 fully saturated rings. The molecule has 1 aliphatic heterocycles. The summed E-state index contributed by atoms with van der Waals surface area (Å²) in [7, 11) is 0. The van der Waals surface area contributed by atoms with Crippen LogP contribution < -0.4 is 10.6 Å². The number of carbonyl (C=O) groups excluding carboxylic acids is 1. The van der Waals surface area contributed by atoms with Crippen molar-refractivity contribution in [1.29, 1.82) is 0 Å². The monoisotopic (exact) mass is 300 g/mol. The van der Waals surface area contributed by atoms with E-state index in [1.807, 2.05) is 6.92 Å². The van der Waals surface area contributed by atoms with Crippen molar-refractivity contribution in [1.82, 2.24) is 25.6 Å². The van der Waals surface area contributed by atoms with Gasteiger partial charge in [0.05, 0.1) is 6.54 Å². The van der Waals surface area contributed by atoms with Crippen LogP contribution in [-0.2, 0) is 13.0 Å². The van der Waals surface area contributed by atoms with Crippen LogP contribution in [0.15, 0.2) is 4.63 Å². The number of rotatable bonds is 4. The van der Waals surface area contributed by atoms with E-state index in [0.717, 1.165) is 47.9 Å². The van der Waals surface area contributed by atoms with E-state index in [1.54, 1.807) is 0 Å². The number of aryl methyl sites for hydroxylation is 1. The van der Waals surface area contributed by atoms with Crippen molar-refractivity contribution in [2.45, 2.75) is 38.6 Å². The zero-order valence-corrected chi connectivity index (χ0v) is 12.2. The molecule has 114 valence electrons. The lowest BCUT2D eigenvalue weighted by atomic mass is 10.1. The van der Waals surface area contributed by atoms with E-state index >= 15 is 0 Å². The van der Waals surface area contributed by atoms with E-state index in [0.29, 0.717) is 24.7 Å². The number of fused-ring (bicyclic) bond motifs is 1. The maximum Gasteiger partial charge on any atom is 0.270 e. The number of aromatic nitrogens is 4. The van der Waals surface area contributed by atoms with Gasteiger partial charge in [0.2, 0.25) is 0 Å². The summed E-state index contributed by atoms with van der Waals surface area (Å²) < 4.78 is 4.70. The molecular formula is C14H16N6O2. The number of amides is 1. The van der Waals surface area contributed by atoms with Gasteiger partial charge < -0.3 is 10.6 Å². The Balaban J connectivity index is 1.67. The smallest absolute Gasteiger partial charge is 0.270 e. The fourth-order valence-electron chi connectivity index (χ4n) is 2.56. The molecule has 0 spiro atoms. The van der Waals surface area contributed by atoms with E-state index < -0.39 is 0 Å². The van der Waals surface area contributed by atoms with Gasteiger partial charge in [0.1, 0.15) is 28.7 Å². The van der Waals surface area contributed by atoms with Gasteiger partial charge in [0, 0.05) is 18.0 Å². The summed E-state index contributed by atoms with van der Waals surface area (Å²) in [5, 5.41) is 13.7.